The number of hydrogen-bond donors (Lipinski definition) is 1. The van der Waals surface area contributed by atoms with Crippen LogP contribution in [0.5, 0.6) is 0 Å². The van der Waals surface area contributed by atoms with Crippen molar-refractivity contribution in [3.63, 3.8) is 0 Å². The highest BCUT2D eigenvalue weighted by Crippen LogP contribution is 2.11. The summed E-state index contributed by atoms with van der Waals surface area (Å²) in [6.45, 7) is 1.49. The zero-order chi connectivity index (χ0) is 15.9. The molecule has 0 spiro atoms. The van der Waals surface area contributed by atoms with E-state index in [9.17, 15) is 9.59 Å². The highest BCUT2D eigenvalue weighted by molar-refractivity contribution is 7.10. The minimum Gasteiger partial charge on any atom is -0.449 e. The van der Waals surface area contributed by atoms with Crippen molar-refractivity contribution in [2.45, 2.75) is 13.0 Å². The second-order valence-electron chi connectivity index (χ2n) is 4.28. The lowest BCUT2D eigenvalue weighted by Crippen LogP contribution is -2.29. The fourth-order valence-electron chi connectivity index (χ4n) is 1.48. The first-order valence-electron chi connectivity index (χ1n) is 6.39. The molecule has 22 heavy (non-hydrogen) atoms. The number of amides is 1. The second-order valence-corrected chi connectivity index (χ2v) is 5.69. The molecular weight excluding hydrogens is 324 g/mol. The summed E-state index contributed by atoms with van der Waals surface area (Å²) in [5, 5.41) is 4.91. The second kappa shape index (κ2) is 7.72. The fraction of sp³-hybridized carbons (Fsp3) is 0.133. The summed E-state index contributed by atoms with van der Waals surface area (Å²) in [5.74, 6) is -0.709. The molecule has 0 bridgehead atoms. The Bertz CT molecular complexity index is 669. The monoisotopic (exact) mass is 336 g/mol. The van der Waals surface area contributed by atoms with Crippen molar-refractivity contribution in [1.82, 2.24) is 4.98 Å². The number of halogens is 1. The molecule has 1 atom stereocenters. The zero-order valence-corrected chi connectivity index (χ0v) is 13.2. The number of carbonyl (C=O) groups is 2. The maximum atomic E-state index is 11.9. The van der Waals surface area contributed by atoms with Crippen LogP contribution in [0.3, 0.4) is 0 Å². The van der Waals surface area contributed by atoms with Crippen LogP contribution < -0.4 is 5.32 Å². The van der Waals surface area contributed by atoms with Crippen molar-refractivity contribution in [2.75, 3.05) is 5.32 Å². The third-order valence-corrected chi connectivity index (χ3v) is 3.63. The molecule has 2 heterocycles. The largest absolute Gasteiger partial charge is 0.449 e. The topological polar surface area (TPSA) is 68.3 Å². The van der Waals surface area contributed by atoms with E-state index in [0.717, 1.165) is 4.88 Å². The Hall–Kier alpha value is -2.18. The van der Waals surface area contributed by atoms with Gasteiger partial charge in [-0.2, -0.15) is 0 Å². The number of carbonyl (C=O) groups excluding carboxylic acids is 2. The molecular formula is C15H13ClN2O3S. The maximum absolute atomic E-state index is 11.9. The zero-order valence-electron chi connectivity index (χ0n) is 11.7. The molecule has 0 radical (unpaired) electrons. The summed E-state index contributed by atoms with van der Waals surface area (Å²) in [5.41, 5.74) is 0. The van der Waals surface area contributed by atoms with Crippen LogP contribution in [-0.2, 0) is 14.3 Å². The molecule has 5 nitrogen and oxygen atoms in total. The number of nitrogens with zero attached hydrogens (tertiary/aromatic N) is 1. The lowest BCUT2D eigenvalue weighted by atomic mass is 10.3. The van der Waals surface area contributed by atoms with Crippen LogP contribution in [0, 0.1) is 0 Å². The molecule has 1 N–H and O–H groups in total. The fourth-order valence-corrected chi connectivity index (χ4v) is 2.21. The van der Waals surface area contributed by atoms with Gasteiger partial charge in [-0.05, 0) is 36.6 Å². The van der Waals surface area contributed by atoms with Crippen LogP contribution >= 0.6 is 22.9 Å². The first-order valence-corrected chi connectivity index (χ1v) is 7.65. The Labute approximate surface area is 136 Å². The summed E-state index contributed by atoms with van der Waals surface area (Å²) in [6, 6.07) is 6.91. The van der Waals surface area contributed by atoms with Gasteiger partial charge >= 0.3 is 5.97 Å². The molecule has 0 unspecified atom stereocenters. The molecule has 0 saturated carbocycles. The van der Waals surface area contributed by atoms with Gasteiger partial charge in [0.15, 0.2) is 6.10 Å². The van der Waals surface area contributed by atoms with Crippen LogP contribution in [-0.4, -0.2) is 23.0 Å². The van der Waals surface area contributed by atoms with Gasteiger partial charge in [0.2, 0.25) is 0 Å². The molecule has 0 aliphatic heterocycles. The van der Waals surface area contributed by atoms with Crippen LogP contribution in [0.25, 0.3) is 6.08 Å². The molecule has 2 rings (SSSR count). The van der Waals surface area contributed by atoms with Gasteiger partial charge in [0, 0.05) is 17.2 Å². The summed E-state index contributed by atoms with van der Waals surface area (Å²) in [4.78, 5) is 28.4. The van der Waals surface area contributed by atoms with Gasteiger partial charge in [0.25, 0.3) is 5.91 Å². The SMILES string of the molecule is C[C@H](OC(=O)/C=C/c1cccs1)C(=O)Nc1ccc(Cl)cn1. The molecule has 2 aromatic heterocycles. The lowest BCUT2D eigenvalue weighted by molar-refractivity contribution is -0.148. The van der Waals surface area contributed by atoms with Crippen LogP contribution in [0.1, 0.15) is 11.8 Å². The molecule has 0 aromatic carbocycles. The molecule has 0 saturated heterocycles. The molecule has 2 aromatic rings. The molecule has 1 amide bonds. The molecule has 114 valence electrons. The minimum atomic E-state index is -0.932. The normalized spacial score (nSPS) is 12.1. The van der Waals surface area contributed by atoms with E-state index in [-0.39, 0.29) is 0 Å². The van der Waals surface area contributed by atoms with Crippen molar-refractivity contribution >= 4 is 46.7 Å². The highest BCUT2D eigenvalue weighted by atomic mass is 35.5. The van der Waals surface area contributed by atoms with Gasteiger partial charge in [0.05, 0.1) is 5.02 Å². The number of rotatable bonds is 5. The number of esters is 1. The smallest absolute Gasteiger partial charge is 0.331 e. The third-order valence-electron chi connectivity index (χ3n) is 2.57. The molecule has 0 fully saturated rings. The Kier molecular flexibility index (Phi) is 5.68. The highest BCUT2D eigenvalue weighted by Gasteiger charge is 2.17. The van der Waals surface area contributed by atoms with Crippen molar-refractivity contribution in [1.29, 1.82) is 0 Å². The van der Waals surface area contributed by atoms with E-state index in [2.05, 4.69) is 10.3 Å². The Morgan fingerprint density at radius 2 is 2.23 bits per heavy atom. The van der Waals surface area contributed by atoms with E-state index in [4.69, 9.17) is 16.3 Å². The number of aromatic nitrogens is 1. The van der Waals surface area contributed by atoms with Crippen LogP contribution in [0.15, 0.2) is 41.9 Å². The maximum Gasteiger partial charge on any atom is 0.331 e. The van der Waals surface area contributed by atoms with E-state index in [1.54, 1.807) is 18.2 Å². The van der Waals surface area contributed by atoms with E-state index >= 15 is 0 Å². The van der Waals surface area contributed by atoms with E-state index in [0.29, 0.717) is 10.8 Å². The number of nitrogens with one attached hydrogen (secondary N) is 1. The lowest BCUT2D eigenvalue weighted by Gasteiger charge is -2.11. The first-order chi connectivity index (χ1) is 10.5. The van der Waals surface area contributed by atoms with Gasteiger partial charge in [-0.3, -0.25) is 4.79 Å². The van der Waals surface area contributed by atoms with Crippen molar-refractivity contribution in [2.24, 2.45) is 0 Å². The predicted molar refractivity (Wildman–Crippen MR) is 86.8 cm³/mol. The van der Waals surface area contributed by atoms with E-state index in [1.807, 2.05) is 17.5 Å². The van der Waals surface area contributed by atoms with Gasteiger partial charge in [-0.25, -0.2) is 9.78 Å². The minimum absolute atomic E-state index is 0.339. The molecule has 0 aliphatic rings. The van der Waals surface area contributed by atoms with E-state index in [1.165, 1.54) is 30.5 Å². The Morgan fingerprint density at radius 1 is 1.41 bits per heavy atom. The number of anilines is 1. The summed E-state index contributed by atoms with van der Waals surface area (Å²) < 4.78 is 5.02. The van der Waals surface area contributed by atoms with Gasteiger partial charge in [-0.15, -0.1) is 11.3 Å². The van der Waals surface area contributed by atoms with Gasteiger partial charge in [0.1, 0.15) is 5.82 Å². The standard InChI is InChI=1S/C15H13ClN2O3S/c1-10(15(20)18-13-6-4-11(16)9-17-13)21-14(19)7-5-12-3-2-8-22-12/h2-10H,1H3,(H,17,18,20)/b7-5+/t10-/m0/s1. The predicted octanol–water partition coefficient (Wildman–Crippen LogP) is 3.38. The third kappa shape index (κ3) is 4.98. The molecule has 0 aliphatic carbocycles. The van der Waals surface area contributed by atoms with Gasteiger partial charge < -0.3 is 10.1 Å². The van der Waals surface area contributed by atoms with Crippen molar-refractivity contribution in [3.8, 4) is 0 Å². The summed E-state index contributed by atoms with van der Waals surface area (Å²) in [7, 11) is 0. The average Bonchev–Trinajstić information content (AvgIpc) is 3.01. The number of pyridine rings is 1. The summed E-state index contributed by atoms with van der Waals surface area (Å²) in [6.07, 6.45) is 3.41. The quantitative estimate of drug-likeness (QED) is 0.671. The van der Waals surface area contributed by atoms with Crippen molar-refractivity contribution in [3.05, 3.63) is 51.8 Å². The van der Waals surface area contributed by atoms with Crippen LogP contribution in [0.4, 0.5) is 5.82 Å². The van der Waals surface area contributed by atoms with E-state index < -0.39 is 18.0 Å². The number of thiophene rings is 1. The first kappa shape index (κ1) is 16.2. The van der Waals surface area contributed by atoms with Gasteiger partial charge in [-0.1, -0.05) is 17.7 Å². The number of hydrogen-bond acceptors (Lipinski definition) is 5. The summed E-state index contributed by atoms with van der Waals surface area (Å²) >= 11 is 7.21. The molecule has 7 heteroatoms. The van der Waals surface area contributed by atoms with Crippen LogP contribution in [0.2, 0.25) is 5.02 Å². The Balaban J connectivity index is 1.85. The van der Waals surface area contributed by atoms with Crippen molar-refractivity contribution < 1.29 is 14.3 Å². The average molecular weight is 337 g/mol. The Morgan fingerprint density at radius 3 is 2.86 bits per heavy atom. The number of ether oxygens (including phenoxy) is 1.